The van der Waals surface area contributed by atoms with E-state index >= 15 is 0 Å². The summed E-state index contributed by atoms with van der Waals surface area (Å²) < 4.78 is 8.19. The lowest BCUT2D eigenvalue weighted by Gasteiger charge is -2.33. The highest BCUT2D eigenvalue weighted by Gasteiger charge is 2.22. The average molecular weight is 378 g/mol. The SMILES string of the molecule is O=C1CCCc2c1ccn2CCCN1CCN(c2nc3ccccc3o2)CC1. The Kier molecular flexibility index (Phi) is 4.64. The number of rotatable bonds is 5. The van der Waals surface area contributed by atoms with Gasteiger partial charge in [0, 0.05) is 56.6 Å². The van der Waals surface area contributed by atoms with E-state index in [2.05, 4.69) is 25.5 Å². The summed E-state index contributed by atoms with van der Waals surface area (Å²) in [6.07, 6.45) is 5.95. The molecule has 28 heavy (non-hydrogen) atoms. The van der Waals surface area contributed by atoms with Crippen LogP contribution in [-0.2, 0) is 13.0 Å². The van der Waals surface area contributed by atoms with Crippen molar-refractivity contribution in [3.63, 3.8) is 0 Å². The molecule has 5 rings (SSSR count). The second-order valence-corrected chi connectivity index (χ2v) is 7.79. The minimum atomic E-state index is 0.315. The number of nitrogens with zero attached hydrogens (tertiary/aromatic N) is 4. The number of ketones is 1. The molecule has 2 aromatic heterocycles. The van der Waals surface area contributed by atoms with Crippen molar-refractivity contribution in [2.45, 2.75) is 32.2 Å². The van der Waals surface area contributed by atoms with Crippen LogP contribution in [0.4, 0.5) is 6.01 Å². The number of hydrogen-bond donors (Lipinski definition) is 0. The monoisotopic (exact) mass is 378 g/mol. The van der Waals surface area contributed by atoms with Gasteiger partial charge in [0.15, 0.2) is 11.4 Å². The average Bonchev–Trinajstić information content (AvgIpc) is 3.34. The lowest BCUT2D eigenvalue weighted by atomic mass is 9.97. The standard InChI is InChI=1S/C22H26N4O2/c27-20-7-3-6-19-17(20)9-12-25(19)11-4-10-24-13-15-26(16-14-24)22-23-18-5-1-2-8-21(18)28-22/h1-2,5,8-9,12H,3-4,6-7,10-11,13-16H2. The minimum Gasteiger partial charge on any atom is -0.423 e. The van der Waals surface area contributed by atoms with E-state index in [9.17, 15) is 4.79 Å². The number of anilines is 1. The molecule has 0 spiro atoms. The van der Waals surface area contributed by atoms with Crippen LogP contribution in [0.25, 0.3) is 11.1 Å². The lowest BCUT2D eigenvalue weighted by molar-refractivity contribution is 0.0971. The van der Waals surface area contributed by atoms with Gasteiger partial charge in [-0.25, -0.2) is 0 Å². The Hall–Kier alpha value is -2.60. The molecule has 3 aromatic rings. The van der Waals surface area contributed by atoms with Gasteiger partial charge >= 0.3 is 0 Å². The minimum absolute atomic E-state index is 0.315. The summed E-state index contributed by atoms with van der Waals surface area (Å²) in [5.74, 6) is 0.315. The number of hydrogen-bond acceptors (Lipinski definition) is 5. The van der Waals surface area contributed by atoms with E-state index in [1.165, 1.54) is 5.69 Å². The fraction of sp³-hybridized carbons (Fsp3) is 0.455. The van der Waals surface area contributed by atoms with Crippen LogP contribution in [0, 0.1) is 0 Å². The van der Waals surface area contributed by atoms with Gasteiger partial charge in [-0.1, -0.05) is 12.1 Å². The molecule has 1 aliphatic heterocycles. The molecule has 1 aromatic carbocycles. The largest absolute Gasteiger partial charge is 0.423 e. The van der Waals surface area contributed by atoms with Crippen LogP contribution < -0.4 is 4.90 Å². The highest BCUT2D eigenvalue weighted by molar-refractivity contribution is 5.98. The normalized spacial score (nSPS) is 18.0. The van der Waals surface area contributed by atoms with Crippen LogP contribution in [0.3, 0.4) is 0 Å². The van der Waals surface area contributed by atoms with Crippen molar-refractivity contribution >= 4 is 22.9 Å². The maximum absolute atomic E-state index is 12.0. The summed E-state index contributed by atoms with van der Waals surface area (Å²) >= 11 is 0. The van der Waals surface area contributed by atoms with E-state index in [0.717, 1.165) is 81.2 Å². The molecule has 1 aliphatic carbocycles. The molecule has 0 radical (unpaired) electrons. The van der Waals surface area contributed by atoms with Crippen LogP contribution in [-0.4, -0.2) is 53.0 Å². The first kappa shape index (κ1) is 17.5. The second-order valence-electron chi connectivity index (χ2n) is 7.79. The van der Waals surface area contributed by atoms with Crippen molar-refractivity contribution in [3.05, 3.63) is 47.8 Å². The zero-order valence-electron chi connectivity index (χ0n) is 16.1. The van der Waals surface area contributed by atoms with Crippen LogP contribution >= 0.6 is 0 Å². The second kappa shape index (κ2) is 7.43. The summed E-state index contributed by atoms with van der Waals surface area (Å²) in [6.45, 7) is 6.03. The fourth-order valence-corrected chi connectivity index (χ4v) is 4.42. The number of aryl methyl sites for hydroxylation is 1. The van der Waals surface area contributed by atoms with E-state index in [4.69, 9.17) is 4.42 Å². The molecule has 0 N–H and O–H groups in total. The Morgan fingerprint density at radius 1 is 1.00 bits per heavy atom. The number of fused-ring (bicyclic) bond motifs is 2. The van der Waals surface area contributed by atoms with Crippen molar-refractivity contribution in [1.82, 2.24) is 14.5 Å². The molecule has 1 fully saturated rings. The van der Waals surface area contributed by atoms with Crippen molar-refractivity contribution in [2.24, 2.45) is 0 Å². The maximum atomic E-state index is 12.0. The van der Waals surface area contributed by atoms with Crippen LogP contribution in [0.2, 0.25) is 0 Å². The first-order valence-corrected chi connectivity index (χ1v) is 10.3. The zero-order valence-corrected chi connectivity index (χ0v) is 16.1. The summed E-state index contributed by atoms with van der Waals surface area (Å²) in [4.78, 5) is 21.4. The smallest absolute Gasteiger partial charge is 0.298 e. The van der Waals surface area contributed by atoms with Gasteiger partial charge in [-0.15, -0.1) is 0 Å². The quantitative estimate of drug-likeness (QED) is 0.681. The molecule has 6 nitrogen and oxygen atoms in total. The summed E-state index contributed by atoms with van der Waals surface area (Å²) in [5, 5.41) is 0. The number of piperazine rings is 1. The summed E-state index contributed by atoms with van der Waals surface area (Å²) in [6, 6.07) is 10.7. The number of Topliss-reactive ketones (excluding diaryl/α,β-unsaturated/α-hetero) is 1. The van der Waals surface area contributed by atoms with E-state index in [1.807, 2.05) is 30.3 Å². The third-order valence-electron chi connectivity index (χ3n) is 6.00. The topological polar surface area (TPSA) is 54.5 Å². The molecule has 6 heteroatoms. The Labute approximate surface area is 164 Å². The fourth-order valence-electron chi connectivity index (χ4n) is 4.42. The van der Waals surface area contributed by atoms with Crippen molar-refractivity contribution in [3.8, 4) is 0 Å². The van der Waals surface area contributed by atoms with Gasteiger partial charge in [0.05, 0.1) is 0 Å². The number of carbonyl (C=O) groups is 1. The highest BCUT2D eigenvalue weighted by atomic mass is 16.4. The first-order chi connectivity index (χ1) is 13.8. The first-order valence-electron chi connectivity index (χ1n) is 10.3. The third-order valence-corrected chi connectivity index (χ3v) is 6.00. The summed E-state index contributed by atoms with van der Waals surface area (Å²) in [5.41, 5.74) is 3.98. The van der Waals surface area contributed by atoms with Crippen molar-refractivity contribution in [1.29, 1.82) is 0 Å². The van der Waals surface area contributed by atoms with Gasteiger partial charge in [-0.05, 0) is 44.0 Å². The molecule has 0 atom stereocenters. The molecule has 0 amide bonds. The summed E-state index contributed by atoms with van der Waals surface area (Å²) in [7, 11) is 0. The number of benzene rings is 1. The third kappa shape index (κ3) is 3.33. The van der Waals surface area contributed by atoms with Gasteiger partial charge in [-0.2, -0.15) is 4.98 Å². The van der Waals surface area contributed by atoms with Crippen molar-refractivity contribution < 1.29 is 9.21 Å². The predicted molar refractivity (Wildman–Crippen MR) is 109 cm³/mol. The Morgan fingerprint density at radius 2 is 1.86 bits per heavy atom. The number of oxazole rings is 1. The van der Waals surface area contributed by atoms with Gasteiger partial charge in [0.25, 0.3) is 6.01 Å². The molecule has 1 saturated heterocycles. The van der Waals surface area contributed by atoms with Crippen LogP contribution in [0.15, 0.2) is 40.9 Å². The predicted octanol–water partition coefficient (Wildman–Crippen LogP) is 3.36. The van der Waals surface area contributed by atoms with E-state index in [1.54, 1.807) is 0 Å². The number of aromatic nitrogens is 2. The molecule has 0 bridgehead atoms. The van der Waals surface area contributed by atoms with Gasteiger partial charge < -0.3 is 13.9 Å². The Morgan fingerprint density at radius 3 is 2.71 bits per heavy atom. The zero-order chi connectivity index (χ0) is 18.9. The molecular weight excluding hydrogens is 352 g/mol. The highest BCUT2D eigenvalue weighted by Crippen LogP contribution is 2.24. The maximum Gasteiger partial charge on any atom is 0.298 e. The molecule has 0 saturated carbocycles. The van der Waals surface area contributed by atoms with Crippen molar-refractivity contribution in [2.75, 3.05) is 37.6 Å². The molecule has 2 aliphatic rings. The number of para-hydroxylation sites is 2. The Bertz CT molecular complexity index is 949. The molecule has 0 unspecified atom stereocenters. The molecule has 3 heterocycles. The van der Waals surface area contributed by atoms with E-state index < -0.39 is 0 Å². The van der Waals surface area contributed by atoms with Crippen LogP contribution in [0.1, 0.15) is 35.3 Å². The number of carbonyl (C=O) groups excluding carboxylic acids is 1. The van der Waals surface area contributed by atoms with Gasteiger partial charge in [-0.3, -0.25) is 9.69 Å². The molecular formula is C22H26N4O2. The lowest BCUT2D eigenvalue weighted by Crippen LogP contribution is -2.46. The van der Waals surface area contributed by atoms with Gasteiger partial charge in [0.2, 0.25) is 0 Å². The van der Waals surface area contributed by atoms with Crippen LogP contribution in [0.5, 0.6) is 0 Å². The Balaban J connectivity index is 1.12. The van der Waals surface area contributed by atoms with Gasteiger partial charge in [0.1, 0.15) is 5.52 Å². The van der Waals surface area contributed by atoms with E-state index in [0.29, 0.717) is 12.2 Å². The molecule has 146 valence electrons. The van der Waals surface area contributed by atoms with E-state index in [-0.39, 0.29) is 0 Å².